The molecule has 1 aromatic heterocycles. The number of hydrogen-bond acceptors (Lipinski definition) is 0. The van der Waals surface area contributed by atoms with Crippen molar-refractivity contribution >= 4 is 6.08 Å². The summed E-state index contributed by atoms with van der Waals surface area (Å²) in [6.45, 7) is 11.5. The molecule has 1 fully saturated rings. The van der Waals surface area contributed by atoms with Crippen LogP contribution in [0.15, 0.2) is 48.5 Å². The summed E-state index contributed by atoms with van der Waals surface area (Å²) in [5.41, 5.74) is 9.41. The van der Waals surface area contributed by atoms with Crippen LogP contribution in [-0.4, -0.2) is 4.57 Å². The lowest BCUT2D eigenvalue weighted by molar-refractivity contribution is -0.743. The van der Waals surface area contributed by atoms with E-state index >= 15 is 0 Å². The second kappa shape index (κ2) is 6.97. The lowest BCUT2D eigenvalue weighted by atomic mass is 9.84. The molecule has 0 bridgehead atoms. The van der Waals surface area contributed by atoms with Gasteiger partial charge in [-0.3, -0.25) is 0 Å². The molecule has 2 heteroatoms. The van der Waals surface area contributed by atoms with Gasteiger partial charge in [0.15, 0.2) is 11.4 Å². The molecular formula is C28H33N2+. The van der Waals surface area contributed by atoms with Crippen LogP contribution >= 0.6 is 0 Å². The highest BCUT2D eigenvalue weighted by molar-refractivity contribution is 5.68. The Morgan fingerprint density at radius 3 is 2.17 bits per heavy atom. The molecule has 154 valence electrons. The number of nitrogens with zero attached hydrogens (tertiary/aromatic N) is 2. The number of rotatable bonds is 3. The number of hydrogen-bond donors (Lipinski definition) is 0. The van der Waals surface area contributed by atoms with Crippen molar-refractivity contribution in [3.8, 4) is 17.1 Å². The van der Waals surface area contributed by atoms with E-state index < -0.39 is 0 Å². The van der Waals surface area contributed by atoms with Crippen molar-refractivity contribution in [1.29, 1.82) is 0 Å². The zero-order chi connectivity index (χ0) is 21.0. The highest BCUT2D eigenvalue weighted by Crippen LogP contribution is 2.43. The molecule has 1 unspecified atom stereocenters. The van der Waals surface area contributed by atoms with Gasteiger partial charge in [0.2, 0.25) is 0 Å². The highest BCUT2D eigenvalue weighted by Gasteiger charge is 2.49. The van der Waals surface area contributed by atoms with E-state index in [1.54, 1.807) is 0 Å². The van der Waals surface area contributed by atoms with E-state index in [4.69, 9.17) is 0 Å². The Kier molecular flexibility index (Phi) is 4.50. The first kappa shape index (κ1) is 19.4. The quantitative estimate of drug-likeness (QED) is 0.440. The molecule has 1 aliphatic carbocycles. The van der Waals surface area contributed by atoms with Gasteiger partial charge in [-0.05, 0) is 75.4 Å². The predicted molar refractivity (Wildman–Crippen MR) is 125 cm³/mol. The van der Waals surface area contributed by atoms with E-state index in [0.717, 1.165) is 0 Å². The van der Waals surface area contributed by atoms with Crippen LogP contribution in [0.25, 0.3) is 23.2 Å². The molecule has 0 amide bonds. The van der Waals surface area contributed by atoms with Crippen LogP contribution in [0.5, 0.6) is 0 Å². The Labute approximate surface area is 180 Å². The van der Waals surface area contributed by atoms with Gasteiger partial charge in [0.05, 0.1) is 5.56 Å². The maximum atomic E-state index is 2.68. The average molecular weight is 398 g/mol. The van der Waals surface area contributed by atoms with Crippen LogP contribution in [-0.2, 0) is 5.54 Å². The third-order valence-electron chi connectivity index (χ3n) is 7.67. The number of para-hydroxylation sites is 1. The normalized spacial score (nSPS) is 20.8. The molecule has 1 saturated carbocycles. The van der Waals surface area contributed by atoms with Crippen LogP contribution in [0, 0.1) is 33.6 Å². The third-order valence-corrected chi connectivity index (χ3v) is 7.67. The van der Waals surface area contributed by atoms with Gasteiger partial charge in [-0.2, -0.15) is 4.57 Å². The van der Waals surface area contributed by atoms with Gasteiger partial charge >= 0.3 is 0 Å². The van der Waals surface area contributed by atoms with E-state index in [-0.39, 0.29) is 5.54 Å². The number of allylic oxidation sites excluding steroid dienone is 1. The fraction of sp³-hybridized carbons (Fsp3) is 0.393. The Balaban J connectivity index is 1.89. The smallest absolute Gasteiger partial charge is 0.214 e. The van der Waals surface area contributed by atoms with Gasteiger partial charge in [-0.15, -0.1) is 0 Å². The molecule has 5 rings (SSSR count). The molecule has 1 aliphatic heterocycles. The first-order valence-electron chi connectivity index (χ1n) is 11.4. The Hall–Kier alpha value is -2.61. The third kappa shape index (κ3) is 2.66. The monoisotopic (exact) mass is 397 g/mol. The molecule has 2 aliphatic rings. The number of aromatic nitrogens is 2. The zero-order valence-electron chi connectivity index (χ0n) is 19.0. The fourth-order valence-electron chi connectivity index (χ4n) is 5.98. The summed E-state index contributed by atoms with van der Waals surface area (Å²) in [5.74, 6) is 2.04. The predicted octanol–water partition coefficient (Wildman–Crippen LogP) is 6.60. The highest BCUT2D eigenvalue weighted by atomic mass is 15.2. The summed E-state index contributed by atoms with van der Waals surface area (Å²) in [4.78, 5) is 0. The summed E-state index contributed by atoms with van der Waals surface area (Å²) < 4.78 is 5.21. The maximum Gasteiger partial charge on any atom is 0.296 e. The minimum atomic E-state index is 0.0363. The molecule has 0 N–H and O–H groups in total. The second-order valence-corrected chi connectivity index (χ2v) is 9.56. The van der Waals surface area contributed by atoms with Gasteiger partial charge in [0.1, 0.15) is 11.2 Å². The van der Waals surface area contributed by atoms with E-state index in [2.05, 4.69) is 98.4 Å². The van der Waals surface area contributed by atoms with Crippen LogP contribution in [0.4, 0.5) is 0 Å². The molecule has 3 aromatic rings. The summed E-state index contributed by atoms with van der Waals surface area (Å²) in [5, 5.41) is 0. The molecule has 1 atom stereocenters. The van der Waals surface area contributed by atoms with Crippen molar-refractivity contribution in [2.45, 2.75) is 65.8 Å². The first-order chi connectivity index (χ1) is 14.4. The van der Waals surface area contributed by atoms with E-state index in [1.807, 2.05) is 0 Å². The molecule has 30 heavy (non-hydrogen) atoms. The number of imidazole rings is 1. The van der Waals surface area contributed by atoms with Gasteiger partial charge in [-0.25, -0.2) is 4.57 Å². The summed E-state index contributed by atoms with van der Waals surface area (Å²) in [6, 6.07) is 15.5. The number of aryl methyl sites for hydroxylation is 3. The molecular weight excluding hydrogens is 364 g/mol. The van der Waals surface area contributed by atoms with Gasteiger partial charge in [0.25, 0.3) is 5.82 Å². The van der Waals surface area contributed by atoms with Crippen molar-refractivity contribution in [3.63, 3.8) is 0 Å². The van der Waals surface area contributed by atoms with E-state index in [0.29, 0.717) is 5.92 Å². The van der Waals surface area contributed by atoms with Crippen LogP contribution < -0.4 is 4.57 Å². The molecule has 2 aromatic carbocycles. The van der Waals surface area contributed by atoms with Crippen molar-refractivity contribution < 1.29 is 4.57 Å². The minimum absolute atomic E-state index is 0.0363. The molecule has 2 nitrogen and oxygen atoms in total. The lowest BCUT2D eigenvalue weighted by Gasteiger charge is -2.29. The summed E-state index contributed by atoms with van der Waals surface area (Å²) in [7, 11) is 0. The van der Waals surface area contributed by atoms with E-state index in [1.165, 1.54) is 70.8 Å². The SMILES string of the molecule is Cc1ccccc1-n1c(C)c2[n+](c1-c1c(C)cccc1C)C(C)(C1CCCC1)C=C2. The van der Waals surface area contributed by atoms with Gasteiger partial charge in [-0.1, -0.05) is 49.2 Å². The fourth-order valence-corrected chi connectivity index (χ4v) is 5.98. The largest absolute Gasteiger partial charge is 0.296 e. The molecule has 0 saturated heterocycles. The Morgan fingerprint density at radius 1 is 0.867 bits per heavy atom. The standard InChI is InChI=1S/C28H33N2/c1-19-11-6-9-16-24(19)29-22(4)25-17-18-28(5,23-14-7-8-15-23)30(25)27(29)26-20(2)12-10-13-21(26)3/h6,9-13,16-18,23H,7-8,14-15H2,1-5H3/q+1. The molecule has 0 spiro atoms. The van der Waals surface area contributed by atoms with Crippen LogP contribution in [0.2, 0.25) is 0 Å². The van der Waals surface area contributed by atoms with Crippen molar-refractivity contribution in [2.24, 2.45) is 5.92 Å². The van der Waals surface area contributed by atoms with Gasteiger partial charge < -0.3 is 0 Å². The lowest BCUT2D eigenvalue weighted by Crippen LogP contribution is -2.57. The Bertz CT molecular complexity index is 1140. The zero-order valence-corrected chi connectivity index (χ0v) is 19.0. The second-order valence-electron chi connectivity index (χ2n) is 9.56. The average Bonchev–Trinajstić information content (AvgIpc) is 3.42. The van der Waals surface area contributed by atoms with Crippen LogP contribution in [0.3, 0.4) is 0 Å². The Morgan fingerprint density at radius 2 is 1.50 bits per heavy atom. The molecule has 0 radical (unpaired) electrons. The van der Waals surface area contributed by atoms with E-state index in [9.17, 15) is 0 Å². The maximum absolute atomic E-state index is 2.68. The molecule has 2 heterocycles. The van der Waals surface area contributed by atoms with Crippen molar-refractivity contribution in [3.05, 3.63) is 76.6 Å². The van der Waals surface area contributed by atoms with Crippen LogP contribution in [0.1, 0.15) is 60.7 Å². The minimum Gasteiger partial charge on any atom is -0.214 e. The first-order valence-corrected chi connectivity index (χ1v) is 11.4. The van der Waals surface area contributed by atoms with Crippen molar-refractivity contribution in [1.82, 2.24) is 4.57 Å². The van der Waals surface area contributed by atoms with Gasteiger partial charge in [0, 0.05) is 12.8 Å². The summed E-state index contributed by atoms with van der Waals surface area (Å²) >= 11 is 0. The topological polar surface area (TPSA) is 8.81 Å². The van der Waals surface area contributed by atoms with Crippen molar-refractivity contribution in [2.75, 3.05) is 0 Å². The summed E-state index contributed by atoms with van der Waals surface area (Å²) in [6.07, 6.45) is 10.3. The number of benzene rings is 2. The number of fused-ring (bicyclic) bond motifs is 1.